The van der Waals surface area contributed by atoms with Crippen LogP contribution in [0.25, 0.3) is 10.9 Å². The third-order valence-corrected chi connectivity index (χ3v) is 4.50. The number of nitrogens with one attached hydrogen (secondary N) is 1. The molecule has 7 heteroatoms. The number of benzene rings is 1. The monoisotopic (exact) mass is 351 g/mol. The highest BCUT2D eigenvalue weighted by atomic mass is 79.9. The fourth-order valence-corrected chi connectivity index (χ4v) is 2.97. The molecule has 0 aliphatic carbocycles. The van der Waals surface area contributed by atoms with Crippen molar-refractivity contribution < 1.29 is 14.7 Å². The van der Waals surface area contributed by atoms with E-state index in [1.807, 2.05) is 18.2 Å². The van der Waals surface area contributed by atoms with Crippen LogP contribution in [-0.2, 0) is 4.79 Å². The van der Waals surface area contributed by atoms with Gasteiger partial charge >= 0.3 is 5.97 Å². The molecule has 0 saturated carbocycles. The first-order chi connectivity index (χ1) is 9.90. The normalized spacial score (nSPS) is 21.9. The summed E-state index contributed by atoms with van der Waals surface area (Å²) in [5.74, 6) is -1.10. The van der Waals surface area contributed by atoms with E-state index in [9.17, 15) is 14.7 Å². The van der Waals surface area contributed by atoms with Crippen LogP contribution in [0.5, 0.6) is 0 Å². The van der Waals surface area contributed by atoms with E-state index in [-0.39, 0.29) is 12.5 Å². The molecular formula is C14H14BrN3O3. The Morgan fingerprint density at radius 1 is 1.48 bits per heavy atom. The van der Waals surface area contributed by atoms with Crippen molar-refractivity contribution in [2.45, 2.75) is 13.3 Å². The predicted octanol–water partition coefficient (Wildman–Crippen LogP) is 2.26. The van der Waals surface area contributed by atoms with Gasteiger partial charge in [0.1, 0.15) is 0 Å². The van der Waals surface area contributed by atoms with E-state index in [2.05, 4.69) is 26.1 Å². The lowest BCUT2D eigenvalue weighted by Crippen LogP contribution is -2.35. The second-order valence-electron chi connectivity index (χ2n) is 5.60. The number of amides is 1. The maximum atomic E-state index is 12.6. The molecule has 2 heterocycles. The molecule has 1 unspecified atom stereocenters. The molecule has 1 fully saturated rings. The number of carbonyl (C=O) groups is 2. The van der Waals surface area contributed by atoms with Crippen LogP contribution in [0, 0.1) is 5.41 Å². The Balaban J connectivity index is 1.92. The highest BCUT2D eigenvalue weighted by Crippen LogP contribution is 2.32. The number of aromatic nitrogens is 2. The van der Waals surface area contributed by atoms with Gasteiger partial charge < -0.3 is 10.0 Å². The summed E-state index contributed by atoms with van der Waals surface area (Å²) < 4.78 is 0.863. The fourth-order valence-electron chi connectivity index (χ4n) is 2.61. The standard InChI is InChI=1S/C14H14BrN3O3/c1-14(13(20)21)4-5-18(7-14)12(19)11-9-6-8(15)2-3-10(9)16-17-11/h2-3,6H,4-5,7H2,1H3,(H,16,17)(H,20,21). The molecule has 0 radical (unpaired) electrons. The highest BCUT2D eigenvalue weighted by molar-refractivity contribution is 9.10. The molecule has 1 aromatic heterocycles. The van der Waals surface area contributed by atoms with Crippen molar-refractivity contribution in [3.8, 4) is 0 Å². The minimum atomic E-state index is -0.873. The molecule has 6 nitrogen and oxygen atoms in total. The molecule has 2 N–H and O–H groups in total. The molecule has 1 atom stereocenters. The number of halogens is 1. The lowest BCUT2D eigenvalue weighted by molar-refractivity contribution is -0.147. The Kier molecular flexibility index (Phi) is 3.24. The van der Waals surface area contributed by atoms with Crippen LogP contribution in [0.3, 0.4) is 0 Å². The van der Waals surface area contributed by atoms with Gasteiger partial charge in [-0.1, -0.05) is 15.9 Å². The van der Waals surface area contributed by atoms with Crippen LogP contribution in [0.2, 0.25) is 0 Å². The molecule has 1 amide bonds. The third-order valence-electron chi connectivity index (χ3n) is 4.00. The number of likely N-dealkylation sites (tertiary alicyclic amines) is 1. The van der Waals surface area contributed by atoms with Gasteiger partial charge in [-0.25, -0.2) is 0 Å². The van der Waals surface area contributed by atoms with Crippen molar-refractivity contribution >= 4 is 38.7 Å². The summed E-state index contributed by atoms with van der Waals surface area (Å²) in [7, 11) is 0. The number of fused-ring (bicyclic) bond motifs is 1. The highest BCUT2D eigenvalue weighted by Gasteiger charge is 2.42. The number of H-pyrrole nitrogens is 1. The van der Waals surface area contributed by atoms with Gasteiger partial charge in [-0.15, -0.1) is 0 Å². The van der Waals surface area contributed by atoms with E-state index >= 15 is 0 Å². The van der Waals surface area contributed by atoms with Gasteiger partial charge in [-0.2, -0.15) is 5.10 Å². The van der Waals surface area contributed by atoms with Gasteiger partial charge in [-0.3, -0.25) is 14.7 Å². The molecule has 0 spiro atoms. The van der Waals surface area contributed by atoms with Crippen LogP contribution in [0.1, 0.15) is 23.8 Å². The summed E-state index contributed by atoms with van der Waals surface area (Å²) in [5.41, 5.74) is 0.241. The Bertz CT molecular complexity index is 742. The SMILES string of the molecule is CC1(C(=O)O)CCN(C(=O)c2n[nH]c3ccc(Br)cc23)C1. The number of hydrogen-bond donors (Lipinski definition) is 2. The second kappa shape index (κ2) is 4.84. The van der Waals surface area contributed by atoms with E-state index in [4.69, 9.17) is 0 Å². The number of aliphatic carboxylic acids is 1. The average Bonchev–Trinajstić information content (AvgIpc) is 3.02. The van der Waals surface area contributed by atoms with E-state index in [1.165, 1.54) is 0 Å². The van der Waals surface area contributed by atoms with Gasteiger partial charge in [0.2, 0.25) is 0 Å². The Morgan fingerprint density at radius 2 is 2.24 bits per heavy atom. The zero-order valence-electron chi connectivity index (χ0n) is 11.4. The smallest absolute Gasteiger partial charge is 0.311 e. The first-order valence-corrected chi connectivity index (χ1v) is 7.36. The summed E-state index contributed by atoms with van der Waals surface area (Å²) in [6.45, 7) is 2.31. The second-order valence-corrected chi connectivity index (χ2v) is 6.52. The molecule has 1 aromatic carbocycles. The molecule has 1 aliphatic heterocycles. The molecule has 1 saturated heterocycles. The number of carbonyl (C=O) groups excluding carboxylic acids is 1. The van der Waals surface area contributed by atoms with Crippen LogP contribution < -0.4 is 0 Å². The van der Waals surface area contributed by atoms with Crippen molar-refractivity contribution in [3.05, 3.63) is 28.4 Å². The Labute approximate surface area is 129 Å². The summed E-state index contributed by atoms with van der Waals surface area (Å²) in [6, 6.07) is 5.54. The van der Waals surface area contributed by atoms with Gasteiger partial charge in [-0.05, 0) is 31.5 Å². The minimum absolute atomic E-state index is 0.212. The molecule has 110 valence electrons. The number of rotatable bonds is 2. The summed E-state index contributed by atoms with van der Waals surface area (Å²) >= 11 is 3.38. The largest absolute Gasteiger partial charge is 0.481 e. The van der Waals surface area contributed by atoms with Gasteiger partial charge in [0.25, 0.3) is 5.91 Å². The van der Waals surface area contributed by atoms with Crippen molar-refractivity contribution in [2.24, 2.45) is 5.41 Å². The van der Waals surface area contributed by atoms with Crippen LogP contribution >= 0.6 is 15.9 Å². The lowest BCUT2D eigenvalue weighted by Gasteiger charge is -2.19. The van der Waals surface area contributed by atoms with E-state index < -0.39 is 11.4 Å². The van der Waals surface area contributed by atoms with Crippen LogP contribution in [0.15, 0.2) is 22.7 Å². The lowest BCUT2D eigenvalue weighted by atomic mass is 9.90. The quantitative estimate of drug-likeness (QED) is 0.868. The van der Waals surface area contributed by atoms with Crippen molar-refractivity contribution in [1.29, 1.82) is 0 Å². The maximum Gasteiger partial charge on any atom is 0.311 e. The predicted molar refractivity (Wildman–Crippen MR) is 80.1 cm³/mol. The van der Waals surface area contributed by atoms with Gasteiger partial charge in [0, 0.05) is 22.9 Å². The van der Waals surface area contributed by atoms with Crippen LogP contribution in [-0.4, -0.2) is 45.2 Å². The summed E-state index contributed by atoms with van der Waals surface area (Å²) in [5, 5.41) is 16.9. The van der Waals surface area contributed by atoms with Crippen molar-refractivity contribution in [1.82, 2.24) is 15.1 Å². The number of carboxylic acids is 1. The van der Waals surface area contributed by atoms with Crippen molar-refractivity contribution in [2.75, 3.05) is 13.1 Å². The van der Waals surface area contributed by atoms with E-state index in [0.29, 0.717) is 18.7 Å². The van der Waals surface area contributed by atoms with Gasteiger partial charge in [0.15, 0.2) is 5.69 Å². The third kappa shape index (κ3) is 2.31. The zero-order valence-corrected chi connectivity index (χ0v) is 13.0. The van der Waals surface area contributed by atoms with Gasteiger partial charge in [0.05, 0.1) is 10.9 Å². The minimum Gasteiger partial charge on any atom is -0.481 e. The molecular weight excluding hydrogens is 338 g/mol. The number of aromatic amines is 1. The Morgan fingerprint density at radius 3 is 2.90 bits per heavy atom. The molecule has 0 bridgehead atoms. The molecule has 1 aliphatic rings. The first-order valence-electron chi connectivity index (χ1n) is 6.57. The van der Waals surface area contributed by atoms with Crippen molar-refractivity contribution in [3.63, 3.8) is 0 Å². The zero-order chi connectivity index (χ0) is 15.2. The van der Waals surface area contributed by atoms with E-state index in [0.717, 1.165) is 15.4 Å². The van der Waals surface area contributed by atoms with Crippen LogP contribution in [0.4, 0.5) is 0 Å². The summed E-state index contributed by atoms with van der Waals surface area (Å²) in [6.07, 6.45) is 0.458. The topological polar surface area (TPSA) is 86.3 Å². The average molecular weight is 352 g/mol. The molecule has 21 heavy (non-hydrogen) atoms. The maximum absolute atomic E-state index is 12.6. The number of hydrogen-bond acceptors (Lipinski definition) is 3. The fraction of sp³-hybridized carbons (Fsp3) is 0.357. The number of nitrogens with zero attached hydrogens (tertiary/aromatic N) is 2. The first kappa shape index (κ1) is 14.1. The summed E-state index contributed by atoms with van der Waals surface area (Å²) in [4.78, 5) is 25.4. The Hall–Kier alpha value is -1.89. The van der Waals surface area contributed by atoms with E-state index in [1.54, 1.807) is 11.8 Å². The molecule has 3 rings (SSSR count). The number of carboxylic acid groups (broad SMARTS) is 1. The molecule has 2 aromatic rings.